The summed E-state index contributed by atoms with van der Waals surface area (Å²) in [6.45, 7) is 4.50. The van der Waals surface area contributed by atoms with Crippen molar-refractivity contribution in [3.05, 3.63) is 29.3 Å². The number of aliphatic hydroxyl groups excluding tert-OH is 1. The van der Waals surface area contributed by atoms with Gasteiger partial charge in [0.15, 0.2) is 0 Å². The molecule has 1 aromatic carbocycles. The fraction of sp³-hybridized carbons (Fsp3) is 0.562. The highest BCUT2D eigenvalue weighted by atomic mass is 16.3. The van der Waals surface area contributed by atoms with Gasteiger partial charge in [-0.25, -0.2) is 0 Å². The topological polar surface area (TPSA) is 59.3 Å². The van der Waals surface area contributed by atoms with Crippen LogP contribution in [0.15, 0.2) is 18.2 Å². The van der Waals surface area contributed by atoms with E-state index in [1.165, 1.54) is 6.42 Å². The summed E-state index contributed by atoms with van der Waals surface area (Å²) in [5.74, 6) is 0. The van der Waals surface area contributed by atoms with Gasteiger partial charge in [-0.2, -0.15) is 5.26 Å². The lowest BCUT2D eigenvalue weighted by Gasteiger charge is -2.39. The zero-order chi connectivity index (χ0) is 14.4. The van der Waals surface area contributed by atoms with E-state index in [2.05, 4.69) is 29.3 Å². The summed E-state index contributed by atoms with van der Waals surface area (Å²) in [4.78, 5) is 2.19. The lowest BCUT2D eigenvalue weighted by Crippen LogP contribution is -2.42. The maximum Gasteiger partial charge on any atom is 0.101 e. The van der Waals surface area contributed by atoms with Gasteiger partial charge in [-0.05, 0) is 43.5 Å². The van der Waals surface area contributed by atoms with Gasteiger partial charge in [0.1, 0.15) is 6.07 Å². The van der Waals surface area contributed by atoms with Crippen molar-refractivity contribution in [1.82, 2.24) is 5.32 Å². The molecule has 2 N–H and O–H groups in total. The molecule has 0 spiro atoms. The van der Waals surface area contributed by atoms with E-state index in [9.17, 15) is 10.4 Å². The average molecular weight is 273 g/mol. The van der Waals surface area contributed by atoms with E-state index in [-0.39, 0.29) is 6.61 Å². The molecular formula is C16H23N3O. The molecule has 0 radical (unpaired) electrons. The zero-order valence-electron chi connectivity index (χ0n) is 12.1. The van der Waals surface area contributed by atoms with E-state index >= 15 is 0 Å². The van der Waals surface area contributed by atoms with Crippen molar-refractivity contribution in [2.24, 2.45) is 0 Å². The van der Waals surface area contributed by atoms with Crippen LogP contribution in [0.3, 0.4) is 0 Å². The standard InChI is InChI=1S/C16H23N3O/c1-2-18-12-13-6-7-16(14(10-13)11-17)19(8-9-20)15-4-3-5-15/h6-7,10,15,18,20H,2-5,8-9,12H2,1H3. The van der Waals surface area contributed by atoms with Crippen molar-refractivity contribution in [1.29, 1.82) is 5.26 Å². The molecule has 20 heavy (non-hydrogen) atoms. The first kappa shape index (κ1) is 14.8. The van der Waals surface area contributed by atoms with Crippen molar-refractivity contribution >= 4 is 5.69 Å². The fourth-order valence-corrected chi connectivity index (χ4v) is 2.61. The number of nitrogens with one attached hydrogen (secondary N) is 1. The van der Waals surface area contributed by atoms with Gasteiger partial charge in [-0.3, -0.25) is 0 Å². The monoisotopic (exact) mass is 273 g/mol. The smallest absolute Gasteiger partial charge is 0.101 e. The molecule has 0 unspecified atom stereocenters. The lowest BCUT2D eigenvalue weighted by atomic mass is 9.90. The van der Waals surface area contributed by atoms with Crippen LogP contribution in [0.1, 0.15) is 37.3 Å². The highest BCUT2D eigenvalue weighted by Gasteiger charge is 2.26. The molecule has 1 aliphatic carbocycles. The Balaban J connectivity index is 2.22. The maximum absolute atomic E-state index is 9.40. The van der Waals surface area contributed by atoms with Gasteiger partial charge in [0.25, 0.3) is 0 Å². The molecule has 2 rings (SSSR count). The number of aliphatic hydroxyl groups is 1. The molecule has 0 heterocycles. The lowest BCUT2D eigenvalue weighted by molar-refractivity contribution is 0.283. The number of nitrogens with zero attached hydrogens (tertiary/aromatic N) is 2. The Labute approximate surface area is 121 Å². The van der Waals surface area contributed by atoms with E-state index < -0.39 is 0 Å². The van der Waals surface area contributed by atoms with Gasteiger partial charge in [0, 0.05) is 19.1 Å². The summed E-state index contributed by atoms with van der Waals surface area (Å²) in [6, 6.07) is 8.84. The molecule has 0 aromatic heterocycles. The minimum absolute atomic E-state index is 0.126. The quantitative estimate of drug-likeness (QED) is 0.798. The van der Waals surface area contributed by atoms with Crippen LogP contribution in [0, 0.1) is 11.3 Å². The van der Waals surface area contributed by atoms with Gasteiger partial charge in [-0.1, -0.05) is 13.0 Å². The first-order valence-electron chi connectivity index (χ1n) is 7.41. The minimum atomic E-state index is 0.126. The molecule has 0 atom stereocenters. The van der Waals surface area contributed by atoms with Crippen molar-refractivity contribution in [2.45, 2.75) is 38.8 Å². The van der Waals surface area contributed by atoms with Gasteiger partial charge in [0.05, 0.1) is 17.9 Å². The number of rotatable bonds is 7. The molecule has 1 saturated carbocycles. The summed E-state index contributed by atoms with van der Waals surface area (Å²) in [6.07, 6.45) is 3.56. The van der Waals surface area contributed by atoms with Gasteiger partial charge < -0.3 is 15.3 Å². The highest BCUT2D eigenvalue weighted by Crippen LogP contribution is 2.31. The Morgan fingerprint density at radius 2 is 2.25 bits per heavy atom. The van der Waals surface area contributed by atoms with E-state index in [1.807, 2.05) is 12.1 Å². The van der Waals surface area contributed by atoms with Crippen LogP contribution in [0.4, 0.5) is 5.69 Å². The summed E-state index contributed by atoms with van der Waals surface area (Å²) < 4.78 is 0. The van der Waals surface area contributed by atoms with Crippen molar-refractivity contribution in [3.63, 3.8) is 0 Å². The van der Waals surface area contributed by atoms with Crippen LogP contribution in [0.25, 0.3) is 0 Å². The molecule has 1 aromatic rings. The third-order valence-corrected chi connectivity index (χ3v) is 3.93. The summed E-state index contributed by atoms with van der Waals surface area (Å²) in [7, 11) is 0. The molecule has 4 nitrogen and oxygen atoms in total. The zero-order valence-corrected chi connectivity index (χ0v) is 12.1. The molecule has 1 aliphatic rings. The van der Waals surface area contributed by atoms with Crippen molar-refractivity contribution in [2.75, 3.05) is 24.6 Å². The largest absolute Gasteiger partial charge is 0.395 e. The Hall–Kier alpha value is -1.57. The molecule has 108 valence electrons. The number of benzene rings is 1. The first-order valence-corrected chi connectivity index (χ1v) is 7.41. The number of anilines is 1. The third kappa shape index (κ3) is 3.30. The molecule has 1 fully saturated rings. The van der Waals surface area contributed by atoms with Crippen molar-refractivity contribution in [3.8, 4) is 6.07 Å². The molecular weight excluding hydrogens is 250 g/mol. The number of hydrogen-bond donors (Lipinski definition) is 2. The molecule has 0 amide bonds. The Bertz CT molecular complexity index is 477. The predicted molar refractivity (Wildman–Crippen MR) is 80.6 cm³/mol. The van der Waals surface area contributed by atoms with Crippen LogP contribution in [-0.2, 0) is 6.54 Å². The first-order chi connectivity index (χ1) is 9.80. The van der Waals surface area contributed by atoms with Gasteiger partial charge >= 0.3 is 0 Å². The van der Waals surface area contributed by atoms with Crippen LogP contribution in [-0.4, -0.2) is 30.8 Å². The second-order valence-corrected chi connectivity index (χ2v) is 5.25. The molecule has 4 heteroatoms. The summed E-state index contributed by atoms with van der Waals surface area (Å²) in [5.41, 5.74) is 2.80. The predicted octanol–water partition coefficient (Wildman–Crippen LogP) is 2.02. The van der Waals surface area contributed by atoms with E-state index in [0.29, 0.717) is 18.2 Å². The van der Waals surface area contributed by atoms with Gasteiger partial charge in [-0.15, -0.1) is 0 Å². The average Bonchev–Trinajstić information content (AvgIpc) is 2.42. The second kappa shape index (κ2) is 7.28. The second-order valence-electron chi connectivity index (χ2n) is 5.25. The Morgan fingerprint density at radius 1 is 1.45 bits per heavy atom. The van der Waals surface area contributed by atoms with E-state index in [4.69, 9.17) is 0 Å². The van der Waals surface area contributed by atoms with E-state index in [1.54, 1.807) is 0 Å². The Morgan fingerprint density at radius 3 is 2.80 bits per heavy atom. The maximum atomic E-state index is 9.40. The highest BCUT2D eigenvalue weighted by molar-refractivity contribution is 5.61. The minimum Gasteiger partial charge on any atom is -0.395 e. The normalized spacial score (nSPS) is 14.7. The van der Waals surface area contributed by atoms with E-state index in [0.717, 1.165) is 37.2 Å². The van der Waals surface area contributed by atoms with Crippen LogP contribution in [0.2, 0.25) is 0 Å². The number of nitriles is 1. The Kier molecular flexibility index (Phi) is 5.40. The molecule has 0 saturated heterocycles. The third-order valence-electron chi connectivity index (χ3n) is 3.93. The van der Waals surface area contributed by atoms with Crippen LogP contribution in [0.5, 0.6) is 0 Å². The molecule has 0 aliphatic heterocycles. The van der Waals surface area contributed by atoms with Crippen LogP contribution >= 0.6 is 0 Å². The molecule has 0 bridgehead atoms. The number of hydrogen-bond acceptors (Lipinski definition) is 4. The fourth-order valence-electron chi connectivity index (χ4n) is 2.61. The SMILES string of the molecule is CCNCc1ccc(N(CCO)C2CCC2)c(C#N)c1. The van der Waals surface area contributed by atoms with Crippen molar-refractivity contribution < 1.29 is 5.11 Å². The van der Waals surface area contributed by atoms with Gasteiger partial charge in [0.2, 0.25) is 0 Å². The summed E-state index contributed by atoms with van der Waals surface area (Å²) in [5, 5.41) is 21.9. The summed E-state index contributed by atoms with van der Waals surface area (Å²) >= 11 is 0. The van der Waals surface area contributed by atoms with Crippen LogP contribution < -0.4 is 10.2 Å².